The number of ether oxygens (including phenoxy) is 3. The van der Waals surface area contributed by atoms with Crippen LogP contribution in [-0.2, 0) is 23.4 Å². The maximum absolute atomic E-state index is 12.2. The highest BCUT2D eigenvalue weighted by molar-refractivity contribution is 6.99. The third kappa shape index (κ3) is 5.57. The molecule has 1 aliphatic heterocycles. The SMILES string of the molecule is COC(=O)[C@@H](C)[C@H]1C[C@@H](CO[Si](c2ccccc2)(c2ccccc2)C(C)(C)C)OC(C)(C)O1. The van der Waals surface area contributed by atoms with Crippen molar-refractivity contribution in [1.29, 1.82) is 0 Å². The Labute approximate surface area is 199 Å². The van der Waals surface area contributed by atoms with Gasteiger partial charge in [0.05, 0.1) is 31.8 Å². The maximum Gasteiger partial charge on any atom is 0.311 e. The topological polar surface area (TPSA) is 54.0 Å². The second kappa shape index (κ2) is 10.1. The molecule has 180 valence electrons. The Morgan fingerprint density at radius 2 is 1.55 bits per heavy atom. The van der Waals surface area contributed by atoms with Gasteiger partial charge in [-0.2, -0.15) is 0 Å². The van der Waals surface area contributed by atoms with Gasteiger partial charge in [0.15, 0.2) is 5.79 Å². The van der Waals surface area contributed by atoms with E-state index in [2.05, 4.69) is 69.3 Å². The lowest BCUT2D eigenvalue weighted by atomic mass is 9.97. The highest BCUT2D eigenvalue weighted by Gasteiger charge is 2.51. The van der Waals surface area contributed by atoms with Crippen LogP contribution in [0.2, 0.25) is 5.04 Å². The van der Waals surface area contributed by atoms with Crippen molar-refractivity contribution in [1.82, 2.24) is 0 Å². The molecular formula is C27H38O5Si. The van der Waals surface area contributed by atoms with Gasteiger partial charge >= 0.3 is 5.97 Å². The largest absolute Gasteiger partial charge is 0.469 e. The van der Waals surface area contributed by atoms with Gasteiger partial charge in [0.2, 0.25) is 0 Å². The van der Waals surface area contributed by atoms with E-state index in [-0.39, 0.29) is 29.1 Å². The van der Waals surface area contributed by atoms with Gasteiger partial charge in [0.25, 0.3) is 8.32 Å². The Hall–Kier alpha value is -1.99. The monoisotopic (exact) mass is 470 g/mol. The van der Waals surface area contributed by atoms with Gasteiger partial charge in [0, 0.05) is 6.42 Å². The molecule has 1 heterocycles. The van der Waals surface area contributed by atoms with Crippen LogP contribution in [-0.4, -0.2) is 46.0 Å². The molecule has 0 N–H and O–H groups in total. The highest BCUT2D eigenvalue weighted by Crippen LogP contribution is 2.38. The first-order chi connectivity index (χ1) is 15.5. The number of benzene rings is 2. The van der Waals surface area contributed by atoms with Gasteiger partial charge in [0.1, 0.15) is 0 Å². The fourth-order valence-electron chi connectivity index (χ4n) is 4.87. The maximum atomic E-state index is 12.2. The van der Waals surface area contributed by atoms with Crippen LogP contribution in [0, 0.1) is 5.92 Å². The van der Waals surface area contributed by atoms with Crippen molar-refractivity contribution in [2.45, 2.75) is 71.0 Å². The molecule has 0 aliphatic carbocycles. The first-order valence-corrected chi connectivity index (χ1v) is 13.6. The summed E-state index contributed by atoms with van der Waals surface area (Å²) in [5.74, 6) is -1.47. The van der Waals surface area contributed by atoms with Crippen LogP contribution >= 0.6 is 0 Å². The van der Waals surface area contributed by atoms with Crippen molar-refractivity contribution in [3.63, 3.8) is 0 Å². The van der Waals surface area contributed by atoms with E-state index in [0.29, 0.717) is 13.0 Å². The van der Waals surface area contributed by atoms with Gasteiger partial charge < -0.3 is 18.6 Å². The Kier molecular flexibility index (Phi) is 7.84. The number of hydrogen-bond acceptors (Lipinski definition) is 5. The Balaban J connectivity index is 1.95. The van der Waals surface area contributed by atoms with Gasteiger partial charge in [-0.1, -0.05) is 81.4 Å². The van der Waals surface area contributed by atoms with Crippen LogP contribution in [0.5, 0.6) is 0 Å². The van der Waals surface area contributed by atoms with Crippen molar-refractivity contribution >= 4 is 24.7 Å². The molecule has 0 amide bonds. The van der Waals surface area contributed by atoms with Crippen molar-refractivity contribution in [3.8, 4) is 0 Å². The van der Waals surface area contributed by atoms with Crippen molar-refractivity contribution < 1.29 is 23.4 Å². The molecular weight excluding hydrogens is 432 g/mol. The third-order valence-corrected chi connectivity index (χ3v) is 11.4. The van der Waals surface area contributed by atoms with Crippen molar-refractivity contribution in [2.75, 3.05) is 13.7 Å². The second-order valence-corrected chi connectivity index (χ2v) is 14.6. The van der Waals surface area contributed by atoms with Crippen LogP contribution in [0.15, 0.2) is 60.7 Å². The number of rotatable bonds is 7. The standard InChI is InChI=1S/C27H38O5Si/c1-20(25(28)29-7)24-18-21(31-27(5,6)32-24)19-30-33(26(2,3)4,22-14-10-8-11-15-22)23-16-12-9-13-17-23/h8-17,20-21,24H,18-19H2,1-7H3/t20-,21-,24+/m0/s1. The molecule has 33 heavy (non-hydrogen) atoms. The summed E-state index contributed by atoms with van der Waals surface area (Å²) in [6, 6.07) is 21.1. The minimum absolute atomic E-state index is 0.116. The molecule has 0 bridgehead atoms. The molecule has 3 rings (SSSR count). The zero-order valence-electron chi connectivity index (χ0n) is 21.0. The smallest absolute Gasteiger partial charge is 0.311 e. The van der Waals surface area contributed by atoms with Crippen LogP contribution in [0.4, 0.5) is 0 Å². The zero-order chi connectivity index (χ0) is 24.3. The summed E-state index contributed by atoms with van der Waals surface area (Å²) in [7, 11) is -1.26. The van der Waals surface area contributed by atoms with E-state index in [9.17, 15) is 4.79 Å². The molecule has 0 saturated carbocycles. The van der Waals surface area contributed by atoms with Crippen LogP contribution in [0.3, 0.4) is 0 Å². The first-order valence-electron chi connectivity index (χ1n) is 11.7. The molecule has 2 aromatic rings. The lowest BCUT2D eigenvalue weighted by Crippen LogP contribution is -2.67. The van der Waals surface area contributed by atoms with E-state index in [1.54, 1.807) is 0 Å². The minimum Gasteiger partial charge on any atom is -0.469 e. The third-order valence-electron chi connectivity index (χ3n) is 6.41. The summed E-state index contributed by atoms with van der Waals surface area (Å²) in [6.07, 6.45) is 0.0687. The molecule has 0 spiro atoms. The molecule has 1 aliphatic rings. The molecule has 2 aromatic carbocycles. The lowest BCUT2D eigenvalue weighted by molar-refractivity contribution is -0.309. The highest BCUT2D eigenvalue weighted by atomic mass is 28.4. The fourth-order valence-corrected chi connectivity index (χ4v) is 9.47. The minimum atomic E-state index is -2.67. The van der Waals surface area contributed by atoms with E-state index in [4.69, 9.17) is 18.6 Å². The van der Waals surface area contributed by atoms with E-state index >= 15 is 0 Å². The van der Waals surface area contributed by atoms with Crippen LogP contribution in [0.1, 0.15) is 48.0 Å². The molecule has 3 atom stereocenters. The Morgan fingerprint density at radius 1 is 1.03 bits per heavy atom. The van der Waals surface area contributed by atoms with Crippen molar-refractivity contribution in [3.05, 3.63) is 60.7 Å². The first kappa shape index (κ1) is 25.6. The van der Waals surface area contributed by atoms with Gasteiger partial charge in [-0.3, -0.25) is 4.79 Å². The molecule has 5 nitrogen and oxygen atoms in total. The summed E-state index contributed by atoms with van der Waals surface area (Å²) in [6.45, 7) is 12.8. The number of carbonyl (C=O) groups excluding carboxylic acids is 1. The number of esters is 1. The molecule has 0 aromatic heterocycles. The summed E-state index contributed by atoms with van der Waals surface area (Å²) in [4.78, 5) is 12.2. The number of hydrogen-bond donors (Lipinski definition) is 0. The quantitative estimate of drug-likeness (QED) is 0.447. The average molecular weight is 471 g/mol. The number of carbonyl (C=O) groups is 1. The molecule has 1 fully saturated rings. The zero-order valence-corrected chi connectivity index (χ0v) is 22.0. The number of methoxy groups -OCH3 is 1. The summed E-state index contributed by atoms with van der Waals surface area (Å²) >= 11 is 0. The van der Waals surface area contributed by atoms with Gasteiger partial charge in [-0.25, -0.2) is 0 Å². The molecule has 0 unspecified atom stereocenters. The van der Waals surface area contributed by atoms with E-state index in [1.165, 1.54) is 17.5 Å². The molecule has 6 heteroatoms. The second-order valence-electron chi connectivity index (χ2n) is 10.3. The summed E-state index contributed by atoms with van der Waals surface area (Å²) in [5, 5.41) is 2.35. The average Bonchev–Trinajstić information content (AvgIpc) is 2.78. The van der Waals surface area contributed by atoms with Crippen LogP contribution in [0.25, 0.3) is 0 Å². The predicted octanol–water partition coefficient (Wildman–Crippen LogP) is 4.28. The Morgan fingerprint density at radius 3 is 2.00 bits per heavy atom. The van der Waals surface area contributed by atoms with E-state index in [1.807, 2.05) is 32.9 Å². The van der Waals surface area contributed by atoms with Crippen LogP contribution < -0.4 is 10.4 Å². The predicted molar refractivity (Wildman–Crippen MR) is 133 cm³/mol. The van der Waals surface area contributed by atoms with E-state index in [0.717, 1.165) is 0 Å². The molecule has 1 saturated heterocycles. The Bertz CT molecular complexity index is 868. The van der Waals surface area contributed by atoms with Gasteiger partial charge in [-0.05, 0) is 36.2 Å². The summed E-state index contributed by atoms with van der Waals surface area (Å²) < 4.78 is 24.4. The fraction of sp³-hybridized carbons (Fsp3) is 0.519. The lowest BCUT2D eigenvalue weighted by Gasteiger charge is -2.46. The molecule has 0 radical (unpaired) electrons. The normalized spacial score (nSPS) is 21.9. The summed E-state index contributed by atoms with van der Waals surface area (Å²) in [5.41, 5.74) is 0. The van der Waals surface area contributed by atoms with Gasteiger partial charge in [-0.15, -0.1) is 0 Å². The van der Waals surface area contributed by atoms with Crippen molar-refractivity contribution in [2.24, 2.45) is 5.92 Å². The van der Waals surface area contributed by atoms with E-state index < -0.39 is 14.1 Å².